The van der Waals surface area contributed by atoms with Crippen molar-refractivity contribution in [1.29, 1.82) is 0 Å². The molecular formula is C16H16Br2O3. The summed E-state index contributed by atoms with van der Waals surface area (Å²) in [6.45, 7) is 0.301. The van der Waals surface area contributed by atoms with Crippen LogP contribution in [-0.4, -0.2) is 13.9 Å². The van der Waals surface area contributed by atoms with E-state index in [4.69, 9.17) is 4.74 Å². The first-order valence-corrected chi connectivity index (χ1v) is 8.31. The van der Waals surface area contributed by atoms with E-state index in [0.29, 0.717) is 23.5 Å². The monoisotopic (exact) mass is 414 g/mol. The lowest BCUT2D eigenvalue weighted by atomic mass is 10.1. The van der Waals surface area contributed by atoms with E-state index in [1.165, 1.54) is 0 Å². The summed E-state index contributed by atoms with van der Waals surface area (Å²) in [6, 6.07) is 15.1. The van der Waals surface area contributed by atoms with Crippen LogP contribution in [0.3, 0.4) is 0 Å². The van der Waals surface area contributed by atoms with Crippen molar-refractivity contribution < 1.29 is 14.9 Å². The molecule has 2 rings (SSSR count). The molecule has 0 aromatic heterocycles. The average molecular weight is 416 g/mol. The standard InChI is InChI=1S/C16H16Br2O3/c17-16(18)15(20)12-6-7-14(13(8-12)9-19)21-10-11-4-2-1-3-5-11/h1-8,15-16,19-20H,9-10H2/t15-/m0/s1. The number of hydrogen-bond acceptors (Lipinski definition) is 3. The maximum absolute atomic E-state index is 10.0. The highest BCUT2D eigenvalue weighted by Crippen LogP contribution is 2.30. The lowest BCUT2D eigenvalue weighted by Gasteiger charge is -2.16. The molecule has 0 fully saturated rings. The van der Waals surface area contributed by atoms with Crippen LogP contribution in [0.25, 0.3) is 0 Å². The summed E-state index contributed by atoms with van der Waals surface area (Å²) in [6.07, 6.45) is -0.696. The van der Waals surface area contributed by atoms with Crippen LogP contribution < -0.4 is 4.74 Å². The molecule has 3 nitrogen and oxygen atoms in total. The third-order valence-electron chi connectivity index (χ3n) is 3.07. The van der Waals surface area contributed by atoms with E-state index >= 15 is 0 Å². The van der Waals surface area contributed by atoms with Crippen molar-refractivity contribution in [3.05, 3.63) is 65.2 Å². The molecule has 2 aromatic rings. The first-order valence-electron chi connectivity index (χ1n) is 6.48. The summed E-state index contributed by atoms with van der Waals surface area (Å²) in [5.41, 5.74) is 2.43. The predicted molar refractivity (Wildman–Crippen MR) is 89.7 cm³/mol. The fraction of sp³-hybridized carbons (Fsp3) is 0.250. The number of hydrogen-bond donors (Lipinski definition) is 2. The van der Waals surface area contributed by atoms with Crippen molar-refractivity contribution in [2.24, 2.45) is 0 Å². The fourth-order valence-electron chi connectivity index (χ4n) is 1.93. The van der Waals surface area contributed by atoms with E-state index in [1.54, 1.807) is 18.2 Å². The molecule has 0 bridgehead atoms. The number of halogens is 2. The zero-order chi connectivity index (χ0) is 15.2. The molecule has 0 aliphatic heterocycles. The Balaban J connectivity index is 2.13. The summed E-state index contributed by atoms with van der Waals surface area (Å²) >= 11 is 6.55. The topological polar surface area (TPSA) is 49.7 Å². The highest BCUT2D eigenvalue weighted by Gasteiger charge is 2.16. The minimum atomic E-state index is -0.696. The lowest BCUT2D eigenvalue weighted by molar-refractivity contribution is 0.198. The second kappa shape index (κ2) is 7.94. The van der Waals surface area contributed by atoms with Gasteiger partial charge in [-0.3, -0.25) is 0 Å². The van der Waals surface area contributed by atoms with Crippen molar-refractivity contribution in [3.8, 4) is 5.75 Å². The van der Waals surface area contributed by atoms with Crippen LogP contribution in [0.2, 0.25) is 0 Å². The molecule has 0 aliphatic rings. The summed E-state index contributed by atoms with van der Waals surface area (Å²) in [5.74, 6) is 0.623. The predicted octanol–water partition coefficient (Wildman–Crippen LogP) is 3.91. The molecule has 112 valence electrons. The van der Waals surface area contributed by atoms with Crippen molar-refractivity contribution in [1.82, 2.24) is 0 Å². The summed E-state index contributed by atoms with van der Waals surface area (Å²) < 4.78 is 5.50. The minimum absolute atomic E-state index is 0.139. The zero-order valence-corrected chi connectivity index (χ0v) is 14.4. The van der Waals surface area contributed by atoms with E-state index in [1.807, 2.05) is 30.3 Å². The van der Waals surface area contributed by atoms with Crippen LogP contribution in [0.4, 0.5) is 0 Å². The molecule has 1 atom stereocenters. The molecule has 0 radical (unpaired) electrons. The number of aliphatic hydroxyl groups is 2. The Morgan fingerprint density at radius 3 is 2.38 bits per heavy atom. The smallest absolute Gasteiger partial charge is 0.125 e. The van der Waals surface area contributed by atoms with Gasteiger partial charge in [0, 0.05) is 5.56 Å². The highest BCUT2D eigenvalue weighted by atomic mass is 79.9. The molecule has 21 heavy (non-hydrogen) atoms. The van der Waals surface area contributed by atoms with Crippen LogP contribution >= 0.6 is 31.9 Å². The lowest BCUT2D eigenvalue weighted by Crippen LogP contribution is -2.06. The number of ether oxygens (including phenoxy) is 1. The summed E-state index contributed by atoms with van der Waals surface area (Å²) in [5, 5.41) is 19.5. The molecule has 0 saturated heterocycles. The molecule has 0 amide bonds. The van der Waals surface area contributed by atoms with E-state index in [-0.39, 0.29) is 10.3 Å². The first-order chi connectivity index (χ1) is 10.1. The summed E-state index contributed by atoms with van der Waals surface area (Å²) in [4.78, 5) is 0. The molecule has 0 saturated carbocycles. The molecule has 2 N–H and O–H groups in total. The second-order valence-corrected chi connectivity index (χ2v) is 7.78. The Bertz CT molecular complexity index is 573. The van der Waals surface area contributed by atoms with Gasteiger partial charge in [-0.25, -0.2) is 0 Å². The van der Waals surface area contributed by atoms with Crippen molar-refractivity contribution in [2.45, 2.75) is 23.1 Å². The third kappa shape index (κ3) is 4.54. The van der Waals surface area contributed by atoms with E-state index in [0.717, 1.165) is 5.56 Å². The van der Waals surface area contributed by atoms with Gasteiger partial charge in [0.1, 0.15) is 18.5 Å². The largest absolute Gasteiger partial charge is 0.489 e. The Hall–Kier alpha value is -0.880. The van der Waals surface area contributed by atoms with E-state index < -0.39 is 6.10 Å². The van der Waals surface area contributed by atoms with Crippen LogP contribution in [0, 0.1) is 0 Å². The van der Waals surface area contributed by atoms with Crippen molar-refractivity contribution in [2.75, 3.05) is 0 Å². The number of rotatable bonds is 6. The van der Waals surface area contributed by atoms with Gasteiger partial charge in [0.2, 0.25) is 0 Å². The Morgan fingerprint density at radius 2 is 1.76 bits per heavy atom. The molecule has 0 heterocycles. The normalized spacial score (nSPS) is 12.4. The van der Waals surface area contributed by atoms with Gasteiger partial charge < -0.3 is 14.9 Å². The molecular weight excluding hydrogens is 400 g/mol. The quantitative estimate of drug-likeness (QED) is 0.703. The van der Waals surface area contributed by atoms with Crippen LogP contribution in [0.15, 0.2) is 48.5 Å². The zero-order valence-electron chi connectivity index (χ0n) is 11.2. The Labute approximate surface area is 140 Å². The molecule has 0 spiro atoms. The first kappa shape index (κ1) is 16.5. The van der Waals surface area contributed by atoms with Gasteiger partial charge >= 0.3 is 0 Å². The van der Waals surface area contributed by atoms with Gasteiger partial charge in [-0.2, -0.15) is 0 Å². The number of benzene rings is 2. The Morgan fingerprint density at radius 1 is 1.05 bits per heavy atom. The fourth-order valence-corrected chi connectivity index (χ4v) is 2.54. The Kier molecular flexibility index (Phi) is 6.23. The molecule has 5 heteroatoms. The highest BCUT2D eigenvalue weighted by molar-refractivity contribution is 9.24. The van der Waals surface area contributed by atoms with Gasteiger partial charge in [0.05, 0.1) is 10.3 Å². The van der Waals surface area contributed by atoms with Crippen LogP contribution in [0.1, 0.15) is 22.8 Å². The van der Waals surface area contributed by atoms with Crippen molar-refractivity contribution in [3.63, 3.8) is 0 Å². The minimum Gasteiger partial charge on any atom is -0.489 e. The van der Waals surface area contributed by atoms with E-state index in [2.05, 4.69) is 31.9 Å². The van der Waals surface area contributed by atoms with E-state index in [9.17, 15) is 10.2 Å². The third-order valence-corrected chi connectivity index (χ3v) is 4.07. The average Bonchev–Trinajstić information content (AvgIpc) is 2.53. The van der Waals surface area contributed by atoms with Gasteiger partial charge in [-0.15, -0.1) is 0 Å². The molecule has 2 aromatic carbocycles. The number of aliphatic hydroxyl groups excluding tert-OH is 2. The van der Waals surface area contributed by atoms with Crippen LogP contribution in [0.5, 0.6) is 5.75 Å². The maximum atomic E-state index is 10.0. The van der Waals surface area contributed by atoms with Crippen molar-refractivity contribution >= 4 is 31.9 Å². The van der Waals surface area contributed by atoms with Gasteiger partial charge in [-0.1, -0.05) is 68.3 Å². The van der Waals surface area contributed by atoms with Gasteiger partial charge in [0.25, 0.3) is 0 Å². The van der Waals surface area contributed by atoms with Gasteiger partial charge in [-0.05, 0) is 23.3 Å². The maximum Gasteiger partial charge on any atom is 0.125 e. The van der Waals surface area contributed by atoms with Crippen LogP contribution in [-0.2, 0) is 13.2 Å². The summed E-state index contributed by atoms with van der Waals surface area (Å²) in [7, 11) is 0. The van der Waals surface area contributed by atoms with Gasteiger partial charge in [0.15, 0.2) is 0 Å². The molecule has 0 aliphatic carbocycles. The SMILES string of the molecule is OCc1cc([C@H](O)C(Br)Br)ccc1OCc1ccccc1. The molecule has 0 unspecified atom stereocenters. The second-order valence-electron chi connectivity index (χ2n) is 4.58. The number of alkyl halides is 2.